The third-order valence-electron chi connectivity index (χ3n) is 16.6. The summed E-state index contributed by atoms with van der Waals surface area (Å²) in [6.45, 7) is 12.0. The Morgan fingerprint density at radius 3 is 1.67 bits per heavy atom. The zero-order valence-electron chi connectivity index (χ0n) is 32.3. The van der Waals surface area contributed by atoms with E-state index in [0.29, 0.717) is 6.42 Å². The lowest BCUT2D eigenvalue weighted by Crippen LogP contribution is -2.55. The molecular weight excluding hydrogens is 688 g/mol. The summed E-state index contributed by atoms with van der Waals surface area (Å²) in [7, 11) is 0. The van der Waals surface area contributed by atoms with Crippen molar-refractivity contribution < 1.29 is 48.6 Å². The second kappa shape index (κ2) is 12.9. The second-order valence-corrected chi connectivity index (χ2v) is 19.3. The number of hydrogen-bond donors (Lipinski definition) is 2. The normalized spacial score (nSPS) is 45.9. The van der Waals surface area contributed by atoms with Gasteiger partial charge in [0.15, 0.2) is 11.6 Å². The van der Waals surface area contributed by atoms with Crippen LogP contribution < -0.4 is 0 Å². The molecule has 8 aliphatic carbocycles. The number of aliphatic carboxylic acids is 2. The van der Waals surface area contributed by atoms with Gasteiger partial charge in [0.25, 0.3) is 0 Å². The van der Waals surface area contributed by atoms with Crippen LogP contribution in [-0.4, -0.2) is 56.9 Å². The summed E-state index contributed by atoms with van der Waals surface area (Å²) in [5, 5.41) is 18.6. The molecule has 0 aromatic rings. The summed E-state index contributed by atoms with van der Waals surface area (Å²) < 4.78 is 0. The molecule has 290 valence electrons. The van der Waals surface area contributed by atoms with Crippen molar-refractivity contribution in [1.82, 2.24) is 0 Å². The van der Waals surface area contributed by atoms with Gasteiger partial charge >= 0.3 is 11.9 Å². The first-order valence-corrected chi connectivity index (χ1v) is 20.0. The number of rotatable bonds is 4. The van der Waals surface area contributed by atoms with Crippen LogP contribution in [0.4, 0.5) is 0 Å². The summed E-state index contributed by atoms with van der Waals surface area (Å²) in [6.07, 6.45) is 13.6. The maximum atomic E-state index is 13.4. The summed E-state index contributed by atoms with van der Waals surface area (Å²) in [6, 6.07) is 0. The summed E-state index contributed by atoms with van der Waals surface area (Å²) >= 11 is 0. The van der Waals surface area contributed by atoms with E-state index < -0.39 is 51.6 Å². The van der Waals surface area contributed by atoms with Crippen molar-refractivity contribution in [3.05, 3.63) is 35.5 Å². The minimum atomic E-state index is -1.39. The molecular formula is C44H54O10. The van der Waals surface area contributed by atoms with E-state index in [9.17, 15) is 48.6 Å². The highest BCUT2D eigenvalue weighted by molar-refractivity contribution is 6.34. The number of carbonyl (C=O) groups excluding carboxylic acids is 6. The number of Topliss-reactive ketones (excluding diaryl/α,β-unsaturated/α-hetero) is 4. The molecule has 0 bridgehead atoms. The fraction of sp³-hybridized carbons (Fsp3) is 0.682. The van der Waals surface area contributed by atoms with Crippen molar-refractivity contribution in [3.8, 4) is 0 Å². The molecule has 8 aliphatic rings. The first-order valence-electron chi connectivity index (χ1n) is 20.0. The molecule has 2 N–H and O–H groups in total. The Balaban J connectivity index is 0.000000167. The summed E-state index contributed by atoms with van der Waals surface area (Å²) in [5.41, 5.74) is 0.327. The van der Waals surface area contributed by atoms with Crippen molar-refractivity contribution in [1.29, 1.82) is 0 Å². The van der Waals surface area contributed by atoms with Gasteiger partial charge in [-0.05, 0) is 115 Å². The number of fused-ring (bicyclic) bond motifs is 10. The van der Waals surface area contributed by atoms with E-state index in [1.54, 1.807) is 18.2 Å². The van der Waals surface area contributed by atoms with Crippen LogP contribution in [0.3, 0.4) is 0 Å². The van der Waals surface area contributed by atoms with Gasteiger partial charge in [0.05, 0.1) is 0 Å². The van der Waals surface area contributed by atoms with Crippen LogP contribution >= 0.6 is 0 Å². The summed E-state index contributed by atoms with van der Waals surface area (Å²) in [5.74, 6) is -4.69. The Morgan fingerprint density at radius 1 is 0.667 bits per heavy atom. The molecule has 14 atom stereocenters. The molecule has 54 heavy (non-hydrogen) atoms. The maximum Gasteiger partial charge on any atom is 0.372 e. The number of carbonyl (C=O) groups is 8. The van der Waals surface area contributed by atoms with Crippen LogP contribution in [0.2, 0.25) is 0 Å². The molecule has 0 saturated heterocycles. The average molecular weight is 743 g/mol. The van der Waals surface area contributed by atoms with Gasteiger partial charge < -0.3 is 10.2 Å². The molecule has 0 radical (unpaired) electrons. The molecule has 8 rings (SSSR count). The zero-order chi connectivity index (χ0) is 39.4. The van der Waals surface area contributed by atoms with Crippen molar-refractivity contribution >= 4 is 46.6 Å². The molecule has 0 spiro atoms. The molecule has 3 unspecified atom stereocenters. The van der Waals surface area contributed by atoms with Crippen molar-refractivity contribution in [2.24, 2.45) is 80.8 Å². The van der Waals surface area contributed by atoms with E-state index in [4.69, 9.17) is 0 Å². The van der Waals surface area contributed by atoms with E-state index in [2.05, 4.69) is 13.8 Å². The number of allylic oxidation sites excluding steroid dienone is 5. The predicted molar refractivity (Wildman–Crippen MR) is 195 cm³/mol. The lowest BCUT2D eigenvalue weighted by molar-refractivity contribution is -0.158. The molecule has 6 fully saturated rings. The van der Waals surface area contributed by atoms with E-state index in [1.165, 1.54) is 0 Å². The number of carboxylic acid groups (broad SMARTS) is 2. The molecule has 0 amide bonds. The quantitative estimate of drug-likeness (QED) is 0.315. The van der Waals surface area contributed by atoms with Crippen LogP contribution in [0.15, 0.2) is 35.5 Å². The van der Waals surface area contributed by atoms with Crippen molar-refractivity contribution in [3.63, 3.8) is 0 Å². The highest BCUT2D eigenvalue weighted by atomic mass is 16.4. The van der Waals surface area contributed by atoms with Gasteiger partial charge in [0.2, 0.25) is 11.6 Å². The Morgan fingerprint density at radius 2 is 1.15 bits per heavy atom. The van der Waals surface area contributed by atoms with E-state index >= 15 is 0 Å². The third-order valence-corrected chi connectivity index (χ3v) is 16.6. The Labute approximate surface area is 316 Å². The third kappa shape index (κ3) is 5.46. The first-order chi connectivity index (χ1) is 25.2. The largest absolute Gasteiger partial charge is 0.475 e. The minimum absolute atomic E-state index is 0.0179. The number of ketones is 6. The van der Waals surface area contributed by atoms with Gasteiger partial charge in [0.1, 0.15) is 11.6 Å². The Bertz CT molecular complexity index is 1860. The lowest BCUT2D eigenvalue weighted by Gasteiger charge is -2.56. The summed E-state index contributed by atoms with van der Waals surface area (Å²) in [4.78, 5) is 98.2. The highest BCUT2D eigenvalue weighted by Crippen LogP contribution is 2.68. The SMILES string of the molecule is C[C@@H]1CC2C3CCC4=CC(=O)C=C[C@]4(C)C3C(=O)C[C@]2(C)[C@H]1C(=O)C(=O)O.C[C@@H]1C[C@H]2[C@@H]3CCC4=CC(=O)CC[C@]4(C)[C@H]3C(=O)C[C@]2(C)[C@H]1C(=O)C(=O)O. The van der Waals surface area contributed by atoms with Crippen LogP contribution in [0.5, 0.6) is 0 Å². The standard InChI is InChI=1S/C22H28O5.C22H26O5/c2*1-11-8-15-14-5-4-12-9-13(23)6-7-21(12,2)18(14)16(24)10-22(15,3)17(11)19(25)20(26)27/h9,11,14-15,17-18H,4-8,10H2,1-3H3,(H,26,27);6-7,9,11,14-15,17-18H,4-5,8,10H2,1-3H3,(H,26,27)/t11-,14+,15+,17-,18-,21+,22+;11-,14?,15?,17-,18?,21+,22+/m11/s1. The maximum absolute atomic E-state index is 13.4. The molecule has 0 aromatic carbocycles. The fourth-order valence-corrected chi connectivity index (χ4v) is 14.5. The molecule has 6 saturated carbocycles. The zero-order valence-corrected chi connectivity index (χ0v) is 32.3. The molecule has 0 aliphatic heterocycles. The van der Waals surface area contributed by atoms with Crippen LogP contribution in [-0.2, 0) is 38.4 Å². The monoisotopic (exact) mass is 742 g/mol. The van der Waals surface area contributed by atoms with Gasteiger partial charge in [-0.25, -0.2) is 9.59 Å². The molecule has 0 heterocycles. The second-order valence-electron chi connectivity index (χ2n) is 19.3. The Hall–Kier alpha value is -3.82. The smallest absolute Gasteiger partial charge is 0.372 e. The predicted octanol–water partition coefficient (Wildman–Crippen LogP) is 6.20. The number of carboxylic acids is 2. The van der Waals surface area contributed by atoms with Gasteiger partial charge in [-0.2, -0.15) is 0 Å². The van der Waals surface area contributed by atoms with E-state index in [0.717, 1.165) is 56.1 Å². The Kier molecular flexibility index (Phi) is 9.17. The van der Waals surface area contributed by atoms with Gasteiger partial charge in [-0.3, -0.25) is 28.8 Å². The lowest BCUT2D eigenvalue weighted by atomic mass is 9.46. The number of hydrogen-bond acceptors (Lipinski definition) is 8. The van der Waals surface area contributed by atoms with Crippen LogP contribution in [0.1, 0.15) is 106 Å². The van der Waals surface area contributed by atoms with Gasteiger partial charge in [0, 0.05) is 48.3 Å². The van der Waals surface area contributed by atoms with Crippen LogP contribution in [0.25, 0.3) is 0 Å². The van der Waals surface area contributed by atoms with E-state index in [-0.39, 0.29) is 88.7 Å². The van der Waals surface area contributed by atoms with Gasteiger partial charge in [-0.15, -0.1) is 0 Å². The molecule has 0 aromatic heterocycles. The average Bonchev–Trinajstić information content (AvgIpc) is 3.51. The van der Waals surface area contributed by atoms with Gasteiger partial charge in [-0.1, -0.05) is 58.8 Å². The topological polar surface area (TPSA) is 177 Å². The fourth-order valence-electron chi connectivity index (χ4n) is 14.5. The van der Waals surface area contributed by atoms with Crippen molar-refractivity contribution in [2.75, 3.05) is 0 Å². The van der Waals surface area contributed by atoms with E-state index in [1.807, 2.05) is 33.8 Å². The minimum Gasteiger partial charge on any atom is -0.475 e. The first kappa shape index (κ1) is 38.5. The highest BCUT2D eigenvalue weighted by Gasteiger charge is 2.67. The molecule has 10 nitrogen and oxygen atoms in total. The van der Waals surface area contributed by atoms with Crippen molar-refractivity contribution in [2.45, 2.75) is 106 Å². The van der Waals surface area contributed by atoms with Crippen LogP contribution in [0, 0.1) is 80.8 Å². The molecule has 10 heteroatoms.